The van der Waals surface area contributed by atoms with E-state index in [0.717, 1.165) is 17.5 Å². The Hall–Kier alpha value is -1.94. The topological polar surface area (TPSA) is 48.1 Å². The van der Waals surface area contributed by atoms with Crippen molar-refractivity contribution in [3.63, 3.8) is 0 Å². The van der Waals surface area contributed by atoms with Crippen molar-refractivity contribution >= 4 is 0 Å². The minimum atomic E-state index is -0.331. The SMILES string of the molecule is CCC(N)Cc1cccc(F)c1OCCc1cccnc1. The van der Waals surface area contributed by atoms with Gasteiger partial charge in [0.1, 0.15) is 0 Å². The number of rotatable bonds is 7. The Morgan fingerprint density at radius 1 is 1.29 bits per heavy atom. The molecule has 0 fully saturated rings. The smallest absolute Gasteiger partial charge is 0.165 e. The molecule has 2 N–H and O–H groups in total. The van der Waals surface area contributed by atoms with Gasteiger partial charge in [0.05, 0.1) is 6.61 Å². The Morgan fingerprint density at radius 3 is 2.86 bits per heavy atom. The van der Waals surface area contributed by atoms with Gasteiger partial charge in [-0.2, -0.15) is 0 Å². The highest BCUT2D eigenvalue weighted by atomic mass is 19.1. The molecule has 1 atom stereocenters. The van der Waals surface area contributed by atoms with Crippen molar-refractivity contribution < 1.29 is 9.13 Å². The summed E-state index contributed by atoms with van der Waals surface area (Å²) in [5.74, 6) is -0.00715. The lowest BCUT2D eigenvalue weighted by molar-refractivity contribution is 0.301. The fraction of sp³-hybridized carbons (Fsp3) is 0.353. The molecule has 112 valence electrons. The van der Waals surface area contributed by atoms with Crippen molar-refractivity contribution in [2.24, 2.45) is 5.73 Å². The third-order valence-electron chi connectivity index (χ3n) is 3.41. The molecule has 0 aliphatic heterocycles. The van der Waals surface area contributed by atoms with E-state index in [2.05, 4.69) is 4.98 Å². The molecule has 4 heteroatoms. The maximum Gasteiger partial charge on any atom is 0.165 e. The highest BCUT2D eigenvalue weighted by Gasteiger charge is 2.12. The fourth-order valence-electron chi connectivity index (χ4n) is 2.12. The molecule has 0 radical (unpaired) electrons. The predicted octanol–water partition coefficient (Wildman–Crippen LogP) is 3.12. The fourth-order valence-corrected chi connectivity index (χ4v) is 2.12. The maximum absolute atomic E-state index is 14.0. The third kappa shape index (κ3) is 4.53. The average molecular weight is 288 g/mol. The second kappa shape index (κ2) is 7.74. The molecule has 1 aromatic carbocycles. The number of hydrogen-bond donors (Lipinski definition) is 1. The molecular weight excluding hydrogens is 267 g/mol. The summed E-state index contributed by atoms with van der Waals surface area (Å²) in [6.07, 6.45) is 5.69. The Bertz CT molecular complexity index is 560. The second-order valence-corrected chi connectivity index (χ2v) is 5.06. The molecule has 0 amide bonds. The first-order chi connectivity index (χ1) is 10.2. The molecule has 2 aromatic rings. The molecule has 3 nitrogen and oxygen atoms in total. The highest BCUT2D eigenvalue weighted by Crippen LogP contribution is 2.24. The van der Waals surface area contributed by atoms with Gasteiger partial charge in [-0.05, 0) is 36.1 Å². The number of hydrogen-bond acceptors (Lipinski definition) is 3. The van der Waals surface area contributed by atoms with Crippen molar-refractivity contribution in [1.29, 1.82) is 0 Å². The standard InChI is InChI=1S/C17H21FN2O/c1-2-15(19)11-14-6-3-7-16(18)17(14)21-10-8-13-5-4-9-20-12-13/h3-7,9,12,15H,2,8,10-11,19H2,1H3. The zero-order valence-electron chi connectivity index (χ0n) is 12.3. The number of ether oxygens (including phenoxy) is 1. The van der Waals surface area contributed by atoms with E-state index < -0.39 is 0 Å². The van der Waals surface area contributed by atoms with Crippen LogP contribution >= 0.6 is 0 Å². The zero-order valence-corrected chi connectivity index (χ0v) is 12.3. The lowest BCUT2D eigenvalue weighted by Crippen LogP contribution is -2.22. The van der Waals surface area contributed by atoms with Gasteiger partial charge in [0.15, 0.2) is 11.6 Å². The Kier molecular flexibility index (Phi) is 5.69. The van der Waals surface area contributed by atoms with Gasteiger partial charge in [-0.3, -0.25) is 4.98 Å². The third-order valence-corrected chi connectivity index (χ3v) is 3.41. The van der Waals surface area contributed by atoms with Gasteiger partial charge in [0, 0.05) is 24.9 Å². The average Bonchev–Trinajstić information content (AvgIpc) is 2.51. The van der Waals surface area contributed by atoms with E-state index in [1.807, 2.05) is 25.1 Å². The number of nitrogens with zero attached hydrogens (tertiary/aromatic N) is 1. The number of pyridine rings is 1. The summed E-state index contributed by atoms with van der Waals surface area (Å²) in [6.45, 7) is 2.44. The Labute approximate surface area is 125 Å². The van der Waals surface area contributed by atoms with E-state index in [9.17, 15) is 4.39 Å². The molecular formula is C17H21FN2O. The summed E-state index contributed by atoms with van der Waals surface area (Å²) in [5, 5.41) is 0. The van der Waals surface area contributed by atoms with Gasteiger partial charge in [-0.15, -0.1) is 0 Å². The van der Waals surface area contributed by atoms with Crippen LogP contribution in [0.3, 0.4) is 0 Å². The van der Waals surface area contributed by atoms with Crippen LogP contribution in [-0.2, 0) is 12.8 Å². The van der Waals surface area contributed by atoms with Crippen molar-refractivity contribution in [2.45, 2.75) is 32.2 Å². The van der Waals surface area contributed by atoms with E-state index in [1.165, 1.54) is 6.07 Å². The predicted molar refractivity (Wildman–Crippen MR) is 81.8 cm³/mol. The molecule has 0 bridgehead atoms. The molecule has 0 saturated carbocycles. The van der Waals surface area contributed by atoms with Gasteiger partial charge in [-0.25, -0.2) is 4.39 Å². The van der Waals surface area contributed by atoms with Crippen LogP contribution in [0.2, 0.25) is 0 Å². The van der Waals surface area contributed by atoms with Gasteiger partial charge in [0.2, 0.25) is 0 Å². The van der Waals surface area contributed by atoms with E-state index in [0.29, 0.717) is 25.2 Å². The minimum Gasteiger partial charge on any atom is -0.490 e. The van der Waals surface area contributed by atoms with E-state index >= 15 is 0 Å². The normalized spacial score (nSPS) is 12.1. The van der Waals surface area contributed by atoms with Gasteiger partial charge in [-0.1, -0.05) is 25.1 Å². The number of nitrogens with two attached hydrogens (primary N) is 1. The molecule has 21 heavy (non-hydrogen) atoms. The van der Waals surface area contributed by atoms with Crippen LogP contribution in [0.5, 0.6) is 5.75 Å². The van der Waals surface area contributed by atoms with Crippen LogP contribution in [0.4, 0.5) is 4.39 Å². The van der Waals surface area contributed by atoms with Gasteiger partial charge < -0.3 is 10.5 Å². The summed E-state index contributed by atoms with van der Waals surface area (Å²) < 4.78 is 19.6. The maximum atomic E-state index is 14.0. The van der Waals surface area contributed by atoms with Crippen LogP contribution in [0.15, 0.2) is 42.7 Å². The Morgan fingerprint density at radius 2 is 2.14 bits per heavy atom. The lowest BCUT2D eigenvalue weighted by Gasteiger charge is -2.15. The number of para-hydroxylation sites is 1. The first-order valence-corrected chi connectivity index (χ1v) is 7.25. The van der Waals surface area contributed by atoms with E-state index in [4.69, 9.17) is 10.5 Å². The molecule has 0 aliphatic carbocycles. The van der Waals surface area contributed by atoms with Gasteiger partial charge in [0.25, 0.3) is 0 Å². The largest absolute Gasteiger partial charge is 0.490 e. The van der Waals surface area contributed by atoms with Crippen molar-refractivity contribution in [1.82, 2.24) is 4.98 Å². The summed E-state index contributed by atoms with van der Waals surface area (Å²) in [4.78, 5) is 4.05. The Balaban J connectivity index is 2.01. The van der Waals surface area contributed by atoms with E-state index in [-0.39, 0.29) is 11.9 Å². The monoisotopic (exact) mass is 288 g/mol. The number of halogens is 1. The summed E-state index contributed by atoms with van der Waals surface area (Å²) in [6, 6.07) is 8.86. The van der Waals surface area contributed by atoms with Crippen LogP contribution in [0.25, 0.3) is 0 Å². The van der Waals surface area contributed by atoms with Crippen LogP contribution < -0.4 is 10.5 Å². The number of benzene rings is 1. The second-order valence-electron chi connectivity index (χ2n) is 5.06. The summed E-state index contributed by atoms with van der Waals surface area (Å²) in [5.41, 5.74) is 7.86. The quantitative estimate of drug-likeness (QED) is 0.851. The van der Waals surface area contributed by atoms with Crippen LogP contribution in [0, 0.1) is 5.82 Å². The minimum absolute atomic E-state index is 0.0208. The first-order valence-electron chi connectivity index (χ1n) is 7.25. The molecule has 1 unspecified atom stereocenters. The van der Waals surface area contributed by atoms with Crippen LogP contribution in [0.1, 0.15) is 24.5 Å². The molecule has 0 spiro atoms. The molecule has 0 aliphatic rings. The molecule has 1 heterocycles. The molecule has 2 rings (SSSR count). The van der Waals surface area contributed by atoms with Crippen LogP contribution in [-0.4, -0.2) is 17.6 Å². The van der Waals surface area contributed by atoms with Gasteiger partial charge >= 0.3 is 0 Å². The first kappa shape index (κ1) is 15.4. The van der Waals surface area contributed by atoms with Crippen molar-refractivity contribution in [3.8, 4) is 5.75 Å². The van der Waals surface area contributed by atoms with E-state index in [1.54, 1.807) is 18.5 Å². The summed E-state index contributed by atoms with van der Waals surface area (Å²) >= 11 is 0. The lowest BCUT2D eigenvalue weighted by atomic mass is 10.0. The zero-order chi connectivity index (χ0) is 15.1. The van der Waals surface area contributed by atoms with Crippen molar-refractivity contribution in [3.05, 3.63) is 59.7 Å². The molecule has 0 saturated heterocycles. The van der Waals surface area contributed by atoms with Crippen molar-refractivity contribution in [2.75, 3.05) is 6.61 Å². The molecule has 1 aromatic heterocycles. The summed E-state index contributed by atoms with van der Waals surface area (Å²) in [7, 11) is 0. The number of aromatic nitrogens is 1. The highest BCUT2D eigenvalue weighted by molar-refractivity contribution is 5.35.